The second-order valence-electron chi connectivity index (χ2n) is 8.10. The first-order valence-electron chi connectivity index (χ1n) is 10.2. The molecular formula is C21H30BrN3O. The average Bonchev–Trinajstić information content (AvgIpc) is 2.67. The Morgan fingerprint density at radius 1 is 1.19 bits per heavy atom. The zero-order valence-corrected chi connectivity index (χ0v) is 17.4. The van der Waals surface area contributed by atoms with Crippen LogP contribution < -0.4 is 0 Å². The smallest absolute Gasteiger partial charge is 0.236 e. The molecule has 1 aromatic rings. The summed E-state index contributed by atoms with van der Waals surface area (Å²) in [5, 5.41) is 0. The number of fused-ring (bicyclic) bond motifs is 2. The van der Waals surface area contributed by atoms with E-state index in [2.05, 4.69) is 55.8 Å². The number of nitrogens with zero attached hydrogens (tertiary/aromatic N) is 3. The lowest BCUT2D eigenvalue weighted by molar-refractivity contribution is -0.137. The molecule has 0 aromatic heterocycles. The summed E-state index contributed by atoms with van der Waals surface area (Å²) in [7, 11) is 0. The molecule has 0 N–H and O–H groups in total. The van der Waals surface area contributed by atoms with Gasteiger partial charge in [0.05, 0.1) is 6.54 Å². The third-order valence-electron chi connectivity index (χ3n) is 6.51. The number of carbonyl (C=O) groups excluding carboxylic acids is 1. The Morgan fingerprint density at radius 2 is 2.08 bits per heavy atom. The Hall–Kier alpha value is -0.910. The number of piperidine rings is 1. The van der Waals surface area contributed by atoms with Crippen LogP contribution in [0.3, 0.4) is 0 Å². The van der Waals surface area contributed by atoms with Gasteiger partial charge in [-0.2, -0.15) is 0 Å². The Labute approximate surface area is 165 Å². The van der Waals surface area contributed by atoms with E-state index in [0.29, 0.717) is 18.5 Å². The van der Waals surface area contributed by atoms with Crippen LogP contribution in [0.25, 0.3) is 0 Å². The van der Waals surface area contributed by atoms with Gasteiger partial charge in [0.1, 0.15) is 0 Å². The van der Waals surface area contributed by atoms with Crippen molar-refractivity contribution >= 4 is 21.8 Å². The molecule has 0 saturated carbocycles. The summed E-state index contributed by atoms with van der Waals surface area (Å²) in [5.41, 5.74) is 2.79. The van der Waals surface area contributed by atoms with E-state index in [1.807, 2.05) is 0 Å². The number of benzene rings is 1. The third-order valence-corrected chi connectivity index (χ3v) is 7.01. The maximum Gasteiger partial charge on any atom is 0.236 e. The lowest BCUT2D eigenvalue weighted by atomic mass is 9.92. The SMILES string of the molecule is CCC1CCC[C@H]2CN(C(=O)CN3CCc4cc(Br)ccc4C3)CCN12. The van der Waals surface area contributed by atoms with Gasteiger partial charge in [-0.1, -0.05) is 35.3 Å². The van der Waals surface area contributed by atoms with Crippen molar-refractivity contribution in [1.82, 2.24) is 14.7 Å². The summed E-state index contributed by atoms with van der Waals surface area (Å²) in [5.74, 6) is 0.323. The number of rotatable bonds is 3. The fraction of sp³-hybridized carbons (Fsp3) is 0.667. The fourth-order valence-corrected chi connectivity index (χ4v) is 5.44. The van der Waals surface area contributed by atoms with E-state index in [-0.39, 0.29) is 0 Å². The largest absolute Gasteiger partial charge is 0.339 e. The molecule has 3 aliphatic rings. The highest BCUT2D eigenvalue weighted by atomic mass is 79.9. The molecule has 1 aromatic carbocycles. The van der Waals surface area contributed by atoms with Gasteiger partial charge < -0.3 is 4.90 Å². The molecule has 0 spiro atoms. The highest BCUT2D eigenvalue weighted by Gasteiger charge is 2.35. The highest BCUT2D eigenvalue weighted by Crippen LogP contribution is 2.28. The van der Waals surface area contributed by atoms with Crippen molar-refractivity contribution in [3.05, 3.63) is 33.8 Å². The van der Waals surface area contributed by atoms with Crippen LogP contribution in [0, 0.1) is 0 Å². The Morgan fingerprint density at radius 3 is 2.92 bits per heavy atom. The van der Waals surface area contributed by atoms with Crippen molar-refractivity contribution in [2.75, 3.05) is 32.7 Å². The van der Waals surface area contributed by atoms with Crippen LogP contribution in [0.2, 0.25) is 0 Å². The van der Waals surface area contributed by atoms with E-state index in [1.54, 1.807) is 0 Å². The summed E-state index contributed by atoms with van der Waals surface area (Å²) in [6, 6.07) is 7.86. The summed E-state index contributed by atoms with van der Waals surface area (Å²) >= 11 is 3.56. The first-order valence-corrected chi connectivity index (χ1v) is 11.0. The molecule has 3 aliphatic heterocycles. The van der Waals surface area contributed by atoms with Crippen LogP contribution in [0.15, 0.2) is 22.7 Å². The predicted molar refractivity (Wildman–Crippen MR) is 108 cm³/mol. The van der Waals surface area contributed by atoms with E-state index in [1.165, 1.54) is 36.8 Å². The van der Waals surface area contributed by atoms with E-state index in [9.17, 15) is 4.79 Å². The highest BCUT2D eigenvalue weighted by molar-refractivity contribution is 9.10. The van der Waals surface area contributed by atoms with E-state index < -0.39 is 0 Å². The molecule has 1 unspecified atom stereocenters. The molecule has 3 heterocycles. The minimum Gasteiger partial charge on any atom is -0.339 e. The van der Waals surface area contributed by atoms with Gasteiger partial charge in [0, 0.05) is 49.3 Å². The van der Waals surface area contributed by atoms with Gasteiger partial charge in [-0.3, -0.25) is 14.6 Å². The van der Waals surface area contributed by atoms with Gasteiger partial charge in [-0.15, -0.1) is 0 Å². The van der Waals surface area contributed by atoms with Gasteiger partial charge in [0.2, 0.25) is 5.91 Å². The van der Waals surface area contributed by atoms with Gasteiger partial charge in [0.15, 0.2) is 0 Å². The summed E-state index contributed by atoms with van der Waals surface area (Å²) in [6.45, 7) is 7.66. The lowest BCUT2D eigenvalue weighted by Gasteiger charge is -2.48. The summed E-state index contributed by atoms with van der Waals surface area (Å²) in [4.78, 5) is 20.1. The normalized spacial score (nSPS) is 27.1. The molecule has 2 fully saturated rings. The number of hydrogen-bond acceptors (Lipinski definition) is 3. The van der Waals surface area contributed by atoms with Crippen molar-refractivity contribution in [2.45, 2.75) is 57.7 Å². The third kappa shape index (κ3) is 3.85. The van der Waals surface area contributed by atoms with Crippen LogP contribution in [0.4, 0.5) is 0 Å². The molecule has 1 amide bonds. The van der Waals surface area contributed by atoms with E-state index >= 15 is 0 Å². The second-order valence-corrected chi connectivity index (χ2v) is 9.01. The molecular weight excluding hydrogens is 390 g/mol. The minimum atomic E-state index is 0.323. The number of halogens is 1. The molecule has 2 atom stereocenters. The zero-order valence-electron chi connectivity index (χ0n) is 15.8. The molecule has 0 aliphatic carbocycles. The molecule has 0 radical (unpaired) electrons. The summed E-state index contributed by atoms with van der Waals surface area (Å²) < 4.78 is 1.15. The fourth-order valence-electron chi connectivity index (χ4n) is 5.03. The summed E-state index contributed by atoms with van der Waals surface area (Å²) in [6.07, 6.45) is 6.20. The Balaban J connectivity index is 1.34. The van der Waals surface area contributed by atoms with E-state index in [0.717, 1.165) is 49.7 Å². The Kier molecular flexibility index (Phi) is 5.67. The van der Waals surface area contributed by atoms with Crippen molar-refractivity contribution in [3.8, 4) is 0 Å². The van der Waals surface area contributed by atoms with Crippen molar-refractivity contribution in [3.63, 3.8) is 0 Å². The van der Waals surface area contributed by atoms with Gasteiger partial charge in [-0.25, -0.2) is 0 Å². The molecule has 0 bridgehead atoms. The van der Waals surface area contributed by atoms with Gasteiger partial charge in [-0.05, 0) is 48.9 Å². The number of hydrogen-bond donors (Lipinski definition) is 0. The predicted octanol–water partition coefficient (Wildman–Crippen LogP) is 3.28. The second kappa shape index (κ2) is 7.99. The van der Waals surface area contributed by atoms with Crippen molar-refractivity contribution < 1.29 is 4.79 Å². The minimum absolute atomic E-state index is 0.323. The lowest BCUT2D eigenvalue weighted by Crippen LogP contribution is -2.60. The van der Waals surface area contributed by atoms with Crippen LogP contribution >= 0.6 is 15.9 Å². The van der Waals surface area contributed by atoms with Crippen LogP contribution in [-0.4, -0.2) is 65.4 Å². The van der Waals surface area contributed by atoms with Crippen LogP contribution in [-0.2, 0) is 17.8 Å². The first kappa shape index (κ1) is 18.5. The van der Waals surface area contributed by atoms with Gasteiger partial charge in [0.25, 0.3) is 0 Å². The topological polar surface area (TPSA) is 26.8 Å². The van der Waals surface area contributed by atoms with Crippen LogP contribution in [0.1, 0.15) is 43.7 Å². The van der Waals surface area contributed by atoms with E-state index in [4.69, 9.17) is 0 Å². The maximum absolute atomic E-state index is 12.9. The Bertz CT molecular complexity index is 665. The van der Waals surface area contributed by atoms with Crippen molar-refractivity contribution in [2.24, 2.45) is 0 Å². The number of piperazine rings is 1. The molecule has 5 heteroatoms. The molecule has 142 valence electrons. The van der Waals surface area contributed by atoms with Crippen molar-refractivity contribution in [1.29, 1.82) is 0 Å². The van der Waals surface area contributed by atoms with Gasteiger partial charge >= 0.3 is 0 Å². The zero-order chi connectivity index (χ0) is 18.1. The molecule has 4 nitrogen and oxygen atoms in total. The average molecular weight is 420 g/mol. The monoisotopic (exact) mass is 419 g/mol. The molecule has 4 rings (SSSR count). The quantitative estimate of drug-likeness (QED) is 0.751. The maximum atomic E-state index is 12.9. The molecule has 2 saturated heterocycles. The first-order chi connectivity index (χ1) is 12.6. The number of amides is 1. The number of carbonyl (C=O) groups is 1. The standard InChI is InChI=1S/C21H30BrN3O/c1-2-19-4-3-5-20-14-24(10-11-25(19)20)21(26)15-23-9-8-16-12-18(22)7-6-17(16)13-23/h6-7,12,19-20H,2-5,8-11,13-15H2,1H3/t19?,20-/m0/s1. The molecule has 26 heavy (non-hydrogen) atoms. The van der Waals surface area contributed by atoms with Crippen LogP contribution in [0.5, 0.6) is 0 Å².